The van der Waals surface area contributed by atoms with Crippen molar-refractivity contribution in [3.63, 3.8) is 0 Å². The lowest BCUT2D eigenvalue weighted by molar-refractivity contribution is 0.0881. The fourth-order valence-corrected chi connectivity index (χ4v) is 2.25. The quantitative estimate of drug-likeness (QED) is 0.784. The molecule has 2 aromatic rings. The van der Waals surface area contributed by atoms with Crippen molar-refractivity contribution in [3.05, 3.63) is 46.4 Å². The Labute approximate surface area is 123 Å². The largest absolute Gasteiger partial charge is 0.396 e. The number of carbonyl (C=O) groups excluding carboxylic acids is 1. The van der Waals surface area contributed by atoms with E-state index in [1.165, 1.54) is 0 Å². The number of carbonyl (C=O) groups is 1. The molecule has 1 heterocycles. The molecular formula is C16H20N2O3. The Hall–Kier alpha value is -2.14. The fraction of sp³-hybridized carbons (Fsp3) is 0.375. The monoisotopic (exact) mass is 288 g/mol. The van der Waals surface area contributed by atoms with Gasteiger partial charge in [-0.05, 0) is 37.3 Å². The second-order valence-corrected chi connectivity index (χ2v) is 5.44. The molecule has 1 atom stereocenters. The molecular weight excluding hydrogens is 268 g/mol. The Bertz CT molecular complexity index is 708. The van der Waals surface area contributed by atoms with Gasteiger partial charge < -0.3 is 15.4 Å². The van der Waals surface area contributed by atoms with Gasteiger partial charge in [0.1, 0.15) is 5.69 Å². The molecule has 1 amide bonds. The van der Waals surface area contributed by atoms with E-state index in [2.05, 4.69) is 10.3 Å². The van der Waals surface area contributed by atoms with Gasteiger partial charge in [-0.2, -0.15) is 0 Å². The molecule has 3 N–H and O–H groups in total. The van der Waals surface area contributed by atoms with Crippen LogP contribution in [0.15, 0.2) is 35.1 Å². The van der Waals surface area contributed by atoms with Crippen molar-refractivity contribution < 1.29 is 9.90 Å². The zero-order valence-corrected chi connectivity index (χ0v) is 12.3. The molecule has 0 fully saturated rings. The first-order valence-corrected chi connectivity index (χ1v) is 7.04. The van der Waals surface area contributed by atoms with E-state index in [4.69, 9.17) is 5.11 Å². The first-order valence-electron chi connectivity index (χ1n) is 7.04. The number of hydrogen-bond donors (Lipinski definition) is 3. The Kier molecular flexibility index (Phi) is 4.43. The average molecular weight is 288 g/mol. The summed E-state index contributed by atoms with van der Waals surface area (Å²) in [6.07, 6.45) is 1.16. The molecule has 0 saturated heterocycles. The zero-order chi connectivity index (χ0) is 15.5. The smallest absolute Gasteiger partial charge is 0.268 e. The lowest BCUT2D eigenvalue weighted by Gasteiger charge is -2.28. The van der Waals surface area contributed by atoms with E-state index >= 15 is 0 Å². The predicted octanol–water partition coefficient (Wildman–Crippen LogP) is 1.81. The van der Waals surface area contributed by atoms with Crippen molar-refractivity contribution in [1.29, 1.82) is 0 Å². The van der Waals surface area contributed by atoms with E-state index in [1.807, 2.05) is 19.9 Å². The number of fused-ring (bicyclic) bond motifs is 1. The van der Waals surface area contributed by atoms with Crippen LogP contribution < -0.4 is 10.9 Å². The van der Waals surface area contributed by atoms with Crippen LogP contribution in [0.25, 0.3) is 10.8 Å². The first-order chi connectivity index (χ1) is 9.99. The van der Waals surface area contributed by atoms with Crippen LogP contribution in [-0.4, -0.2) is 28.1 Å². The van der Waals surface area contributed by atoms with Crippen molar-refractivity contribution in [2.75, 3.05) is 6.61 Å². The van der Waals surface area contributed by atoms with E-state index < -0.39 is 5.54 Å². The van der Waals surface area contributed by atoms with Gasteiger partial charge in [-0.3, -0.25) is 9.59 Å². The molecule has 2 rings (SSSR count). The summed E-state index contributed by atoms with van der Waals surface area (Å²) in [5, 5.41) is 13.3. The van der Waals surface area contributed by atoms with Crippen molar-refractivity contribution >= 4 is 16.7 Å². The number of amides is 1. The molecule has 1 aromatic heterocycles. The number of aromatic amines is 1. The summed E-state index contributed by atoms with van der Waals surface area (Å²) >= 11 is 0. The molecule has 1 unspecified atom stereocenters. The molecule has 0 saturated carbocycles. The summed E-state index contributed by atoms with van der Waals surface area (Å²) < 4.78 is 0. The molecule has 112 valence electrons. The van der Waals surface area contributed by atoms with Crippen LogP contribution in [0.3, 0.4) is 0 Å². The number of hydrogen-bond acceptors (Lipinski definition) is 3. The second-order valence-electron chi connectivity index (χ2n) is 5.44. The predicted molar refractivity (Wildman–Crippen MR) is 82.4 cm³/mol. The van der Waals surface area contributed by atoms with Gasteiger partial charge in [0.25, 0.3) is 11.5 Å². The average Bonchev–Trinajstić information content (AvgIpc) is 2.47. The van der Waals surface area contributed by atoms with E-state index in [9.17, 15) is 9.59 Å². The number of rotatable bonds is 5. The third-order valence-electron chi connectivity index (χ3n) is 3.86. The maximum atomic E-state index is 12.3. The van der Waals surface area contributed by atoms with Gasteiger partial charge in [0.2, 0.25) is 0 Å². The van der Waals surface area contributed by atoms with Gasteiger partial charge >= 0.3 is 0 Å². The third kappa shape index (κ3) is 3.31. The summed E-state index contributed by atoms with van der Waals surface area (Å²) in [6.45, 7) is 3.82. The van der Waals surface area contributed by atoms with Gasteiger partial charge in [-0.1, -0.05) is 25.1 Å². The van der Waals surface area contributed by atoms with Crippen molar-refractivity contribution in [3.8, 4) is 0 Å². The topological polar surface area (TPSA) is 82.2 Å². The van der Waals surface area contributed by atoms with Gasteiger partial charge in [-0.15, -0.1) is 0 Å². The fourth-order valence-electron chi connectivity index (χ4n) is 2.25. The maximum absolute atomic E-state index is 12.3. The molecule has 5 nitrogen and oxygen atoms in total. The number of nitrogens with one attached hydrogen (secondary N) is 2. The van der Waals surface area contributed by atoms with Crippen molar-refractivity contribution in [2.45, 2.75) is 32.2 Å². The molecule has 21 heavy (non-hydrogen) atoms. The Balaban J connectivity index is 2.34. The molecule has 5 heteroatoms. The zero-order valence-electron chi connectivity index (χ0n) is 12.3. The van der Waals surface area contributed by atoms with Gasteiger partial charge in [0, 0.05) is 17.5 Å². The minimum atomic E-state index is -0.492. The minimum absolute atomic E-state index is 0.00113. The van der Waals surface area contributed by atoms with Gasteiger partial charge in [0.15, 0.2) is 0 Å². The van der Waals surface area contributed by atoms with Crippen LogP contribution in [0.1, 0.15) is 37.2 Å². The highest BCUT2D eigenvalue weighted by Crippen LogP contribution is 2.15. The summed E-state index contributed by atoms with van der Waals surface area (Å²) in [6, 6.07) is 8.80. The van der Waals surface area contributed by atoms with Crippen LogP contribution in [-0.2, 0) is 0 Å². The molecule has 0 aliphatic rings. The summed E-state index contributed by atoms with van der Waals surface area (Å²) in [5.41, 5.74) is -0.538. The number of aliphatic hydroxyl groups is 1. The summed E-state index contributed by atoms with van der Waals surface area (Å²) in [4.78, 5) is 26.9. The highest BCUT2D eigenvalue weighted by molar-refractivity contribution is 5.96. The molecule has 0 bridgehead atoms. The van der Waals surface area contributed by atoms with Gasteiger partial charge in [-0.25, -0.2) is 0 Å². The SMILES string of the molecule is CCC(C)(CCO)NC(=O)c1cc2ccccc2c(=O)[nH]1. The number of benzene rings is 1. The van der Waals surface area contributed by atoms with Crippen LogP contribution in [0.5, 0.6) is 0 Å². The first kappa shape index (κ1) is 15.3. The van der Waals surface area contributed by atoms with E-state index in [1.54, 1.807) is 24.3 Å². The lowest BCUT2D eigenvalue weighted by atomic mass is 9.94. The number of H-pyrrole nitrogens is 1. The van der Waals surface area contributed by atoms with E-state index in [0.717, 1.165) is 5.39 Å². The van der Waals surface area contributed by atoms with E-state index in [-0.39, 0.29) is 23.8 Å². The third-order valence-corrected chi connectivity index (χ3v) is 3.86. The molecule has 0 radical (unpaired) electrons. The molecule has 0 spiro atoms. The minimum Gasteiger partial charge on any atom is -0.396 e. The van der Waals surface area contributed by atoms with Crippen LogP contribution in [0.4, 0.5) is 0 Å². The highest BCUT2D eigenvalue weighted by atomic mass is 16.3. The number of aromatic nitrogens is 1. The van der Waals surface area contributed by atoms with Crippen LogP contribution in [0, 0.1) is 0 Å². The standard InChI is InChI=1S/C16H20N2O3/c1-3-16(2,8-9-19)18-15(21)13-10-11-6-4-5-7-12(11)14(20)17-13/h4-7,10,19H,3,8-9H2,1-2H3,(H,17,20)(H,18,21). The number of aliphatic hydroxyl groups excluding tert-OH is 1. The Morgan fingerprint density at radius 2 is 2.10 bits per heavy atom. The molecule has 0 aliphatic heterocycles. The van der Waals surface area contributed by atoms with E-state index in [0.29, 0.717) is 18.2 Å². The van der Waals surface area contributed by atoms with Gasteiger partial charge in [0.05, 0.1) is 0 Å². The lowest BCUT2D eigenvalue weighted by Crippen LogP contribution is -2.46. The summed E-state index contributed by atoms with van der Waals surface area (Å²) in [5.74, 6) is -0.337. The molecule has 1 aromatic carbocycles. The van der Waals surface area contributed by atoms with Crippen molar-refractivity contribution in [1.82, 2.24) is 10.3 Å². The van der Waals surface area contributed by atoms with Crippen molar-refractivity contribution in [2.24, 2.45) is 0 Å². The summed E-state index contributed by atoms with van der Waals surface area (Å²) in [7, 11) is 0. The van der Waals surface area contributed by atoms with Crippen LogP contribution in [0.2, 0.25) is 0 Å². The number of pyridine rings is 1. The maximum Gasteiger partial charge on any atom is 0.268 e. The second kappa shape index (κ2) is 6.10. The Morgan fingerprint density at radius 3 is 2.76 bits per heavy atom. The highest BCUT2D eigenvalue weighted by Gasteiger charge is 2.24. The molecule has 0 aliphatic carbocycles. The Morgan fingerprint density at radius 1 is 1.38 bits per heavy atom. The van der Waals surface area contributed by atoms with Crippen LogP contribution >= 0.6 is 0 Å². The normalized spacial score (nSPS) is 13.9.